The van der Waals surface area contributed by atoms with E-state index in [0.29, 0.717) is 6.07 Å². The number of nitro benzene ring substituents is 1. The van der Waals surface area contributed by atoms with E-state index >= 15 is 0 Å². The Morgan fingerprint density at radius 1 is 0.638 bits per heavy atom. The molecule has 0 unspecified atom stereocenters. The number of anilines is 1. The highest BCUT2D eigenvalue weighted by atomic mass is 32.2. The fourth-order valence-electron chi connectivity index (χ4n) is 4.48. The summed E-state index contributed by atoms with van der Waals surface area (Å²) in [6, 6.07) is 13.9. The number of nitrogens with two attached hydrogens (primary N) is 1. The maximum atomic E-state index is 12.0. The molecular weight excluding hydrogens is 685 g/mol. The van der Waals surface area contributed by atoms with Crippen LogP contribution in [0.2, 0.25) is 0 Å². The van der Waals surface area contributed by atoms with Gasteiger partial charge < -0.3 is 10.8 Å². The number of phenols is 1. The molecule has 0 spiro atoms. The topological polar surface area (TPSA) is 302 Å². The number of rotatable bonds is 8. The zero-order chi connectivity index (χ0) is 34.5. The number of nitrogens with zero attached hydrogens (tertiary/aromatic N) is 5. The third-order valence-electron chi connectivity index (χ3n) is 6.59. The molecule has 0 bridgehead atoms. The summed E-state index contributed by atoms with van der Waals surface area (Å²) in [5.74, 6) is -0.899. The van der Waals surface area contributed by atoms with Crippen LogP contribution in [-0.4, -0.2) is 48.9 Å². The van der Waals surface area contributed by atoms with Gasteiger partial charge in [-0.2, -0.15) is 30.4 Å². The predicted molar refractivity (Wildman–Crippen MR) is 165 cm³/mol. The van der Waals surface area contributed by atoms with Crippen molar-refractivity contribution in [3.05, 3.63) is 82.9 Å². The molecule has 5 rings (SSSR count). The molecule has 0 amide bonds. The minimum absolute atomic E-state index is 0.0430. The maximum absolute atomic E-state index is 12.0. The van der Waals surface area contributed by atoms with Gasteiger partial charge in [0, 0.05) is 28.3 Å². The Morgan fingerprint density at radius 3 is 1.83 bits per heavy atom. The first kappa shape index (κ1) is 32.9. The van der Waals surface area contributed by atoms with E-state index in [4.69, 9.17) is 5.73 Å². The lowest BCUT2D eigenvalue weighted by Crippen LogP contribution is -2.08. The Morgan fingerprint density at radius 2 is 1.21 bits per heavy atom. The van der Waals surface area contributed by atoms with Crippen LogP contribution in [-0.2, 0) is 30.4 Å². The largest absolute Gasteiger partial charge is 0.505 e. The molecule has 0 aliphatic rings. The first-order chi connectivity index (χ1) is 21.9. The molecule has 0 saturated carbocycles. The average molecular weight is 703 g/mol. The van der Waals surface area contributed by atoms with E-state index < -0.39 is 77.9 Å². The fourth-order valence-corrected chi connectivity index (χ4v) is 6.43. The normalized spacial score (nSPS) is 12.8. The van der Waals surface area contributed by atoms with Crippen LogP contribution >= 0.6 is 0 Å². The number of non-ortho nitro benzene ring substituents is 1. The summed E-state index contributed by atoms with van der Waals surface area (Å²) in [7, 11) is -15.0. The predicted octanol–water partition coefficient (Wildman–Crippen LogP) is 5.76. The van der Waals surface area contributed by atoms with Crippen molar-refractivity contribution in [2.45, 2.75) is 14.7 Å². The lowest BCUT2D eigenvalue weighted by Gasteiger charge is -2.13. The van der Waals surface area contributed by atoms with Gasteiger partial charge >= 0.3 is 0 Å². The second kappa shape index (κ2) is 11.7. The monoisotopic (exact) mass is 702 g/mol. The first-order valence-corrected chi connectivity index (χ1v) is 16.8. The van der Waals surface area contributed by atoms with E-state index in [9.17, 15) is 54.1 Å². The van der Waals surface area contributed by atoms with Crippen molar-refractivity contribution in [1.29, 1.82) is 0 Å². The van der Waals surface area contributed by atoms with Gasteiger partial charge in [-0.05, 0) is 42.5 Å². The summed E-state index contributed by atoms with van der Waals surface area (Å²) in [6.45, 7) is 0. The van der Waals surface area contributed by atoms with Gasteiger partial charge in [0.05, 0.1) is 38.0 Å². The number of fused-ring (bicyclic) bond motifs is 2. The van der Waals surface area contributed by atoms with Crippen LogP contribution in [0.25, 0.3) is 21.5 Å². The van der Waals surface area contributed by atoms with Crippen molar-refractivity contribution in [2.24, 2.45) is 20.5 Å². The minimum atomic E-state index is -5.15. The molecule has 0 radical (unpaired) electrons. The number of phenolic OH excluding ortho intramolecular Hbond substituents is 1. The number of hydrogen-bond acceptors (Lipinski definition) is 14. The van der Waals surface area contributed by atoms with Crippen molar-refractivity contribution in [1.82, 2.24) is 0 Å². The van der Waals surface area contributed by atoms with Gasteiger partial charge in [-0.3, -0.25) is 23.8 Å². The number of azo groups is 2. The van der Waals surface area contributed by atoms with Crippen LogP contribution in [0.5, 0.6) is 5.75 Å². The molecule has 242 valence electrons. The first-order valence-electron chi connectivity index (χ1n) is 12.5. The Labute approximate surface area is 263 Å². The van der Waals surface area contributed by atoms with Crippen molar-refractivity contribution in [2.75, 3.05) is 5.73 Å². The minimum Gasteiger partial charge on any atom is -0.505 e. The van der Waals surface area contributed by atoms with Gasteiger partial charge in [0.15, 0.2) is 5.75 Å². The summed E-state index contributed by atoms with van der Waals surface area (Å²) < 4.78 is 100. The Kier molecular flexibility index (Phi) is 8.21. The van der Waals surface area contributed by atoms with Crippen LogP contribution in [0.1, 0.15) is 0 Å². The second-order valence-corrected chi connectivity index (χ2v) is 13.8. The van der Waals surface area contributed by atoms with E-state index in [1.165, 1.54) is 42.5 Å². The van der Waals surface area contributed by atoms with Gasteiger partial charge in [0.1, 0.15) is 15.5 Å². The highest BCUT2D eigenvalue weighted by Crippen LogP contribution is 2.44. The van der Waals surface area contributed by atoms with Crippen LogP contribution < -0.4 is 5.73 Å². The van der Waals surface area contributed by atoms with Crippen LogP contribution in [0, 0.1) is 10.1 Å². The quantitative estimate of drug-likeness (QED) is 0.0423. The molecule has 0 heterocycles. The summed E-state index contributed by atoms with van der Waals surface area (Å²) in [4.78, 5) is 7.81. The Bertz CT molecular complexity index is 2550. The maximum Gasteiger partial charge on any atom is 0.296 e. The summed E-state index contributed by atoms with van der Waals surface area (Å²) in [5, 5.41) is 37.3. The average Bonchev–Trinajstić information content (AvgIpc) is 2.98. The third-order valence-corrected chi connectivity index (χ3v) is 9.23. The lowest BCUT2D eigenvalue weighted by molar-refractivity contribution is -0.384. The molecule has 0 saturated heterocycles. The molecule has 18 nitrogen and oxygen atoms in total. The zero-order valence-corrected chi connectivity index (χ0v) is 25.5. The van der Waals surface area contributed by atoms with Gasteiger partial charge in [0.2, 0.25) is 0 Å². The van der Waals surface area contributed by atoms with Crippen molar-refractivity contribution < 1.29 is 48.9 Å². The molecule has 47 heavy (non-hydrogen) atoms. The molecule has 0 aromatic heterocycles. The van der Waals surface area contributed by atoms with E-state index in [2.05, 4.69) is 20.5 Å². The van der Waals surface area contributed by atoms with E-state index in [0.717, 1.165) is 24.3 Å². The van der Waals surface area contributed by atoms with Gasteiger partial charge in [0.25, 0.3) is 36.0 Å². The van der Waals surface area contributed by atoms with Gasteiger partial charge in [-0.25, -0.2) is 0 Å². The highest BCUT2D eigenvalue weighted by molar-refractivity contribution is 7.87. The molecule has 0 aliphatic carbocycles. The van der Waals surface area contributed by atoms with Crippen LogP contribution in [0.4, 0.5) is 34.1 Å². The molecule has 0 fully saturated rings. The molecule has 6 N–H and O–H groups in total. The second-order valence-electron chi connectivity index (χ2n) is 9.56. The van der Waals surface area contributed by atoms with Crippen LogP contribution in [0.3, 0.4) is 0 Å². The van der Waals surface area contributed by atoms with Gasteiger partial charge in [-0.1, -0.05) is 18.2 Å². The van der Waals surface area contributed by atoms with Gasteiger partial charge in [-0.15, -0.1) is 15.3 Å². The molecule has 0 atom stereocenters. The van der Waals surface area contributed by atoms with E-state index in [-0.39, 0.29) is 33.5 Å². The summed E-state index contributed by atoms with van der Waals surface area (Å²) in [5.41, 5.74) is 4.65. The van der Waals surface area contributed by atoms with Crippen molar-refractivity contribution >= 4 is 86.0 Å². The summed E-state index contributed by atoms with van der Waals surface area (Å²) in [6.07, 6.45) is 0. The smallest absolute Gasteiger partial charge is 0.296 e. The van der Waals surface area contributed by atoms with E-state index in [1.807, 2.05) is 0 Å². The van der Waals surface area contributed by atoms with Crippen molar-refractivity contribution in [3.8, 4) is 5.75 Å². The standard InChI is InChI=1S/C26H18N6O12S3/c27-25-23(47(42,43)44)12-22(46(39,40)41)17-6-7-21(26(33)24(17)25)31-30-20-9-8-19(16-5-4-15(11-18(16)20)45(36,37)38)29-28-13-2-1-3-14(10-13)32(34)35/h1-12,33H,27H2,(H,36,37,38)(H,39,40,41)(H,42,43,44). The van der Waals surface area contributed by atoms with Crippen molar-refractivity contribution in [3.63, 3.8) is 0 Å². The van der Waals surface area contributed by atoms with Crippen LogP contribution in [0.15, 0.2) is 108 Å². The summed E-state index contributed by atoms with van der Waals surface area (Å²) >= 11 is 0. The molecule has 21 heteroatoms. The number of nitrogen functional groups attached to an aromatic ring is 1. The molecule has 0 aliphatic heterocycles. The number of benzene rings is 5. The fraction of sp³-hybridized carbons (Fsp3) is 0. The molecule has 5 aromatic carbocycles. The molecule has 5 aromatic rings. The molecular formula is C26H18N6O12S3. The third kappa shape index (κ3) is 6.60. The highest BCUT2D eigenvalue weighted by Gasteiger charge is 2.26. The lowest BCUT2D eigenvalue weighted by atomic mass is 10.1. The zero-order valence-electron chi connectivity index (χ0n) is 23.0. The number of nitro groups is 1. The Hall–Kier alpha value is -5.45. The SMILES string of the molecule is Nc1c(S(=O)(=O)O)cc(S(=O)(=O)O)c2ccc(N=Nc3ccc(N=Nc4cccc([N+](=O)[O-])c4)c4ccc(S(=O)(=O)O)cc34)c(O)c12. The Balaban J connectivity index is 1.68. The van der Waals surface area contributed by atoms with E-state index in [1.54, 1.807) is 0 Å². The number of aromatic hydroxyl groups is 1. The number of hydrogen-bond donors (Lipinski definition) is 5.